The molecule has 0 bridgehead atoms. The fraction of sp³-hybridized carbons (Fsp3) is 0.500. The van der Waals surface area contributed by atoms with E-state index in [1.54, 1.807) is 21.6 Å². The van der Waals surface area contributed by atoms with E-state index >= 15 is 0 Å². The zero-order valence-electron chi connectivity index (χ0n) is 24.4. The minimum Gasteiger partial charge on any atom is -0.324 e. The standard InChI is InChI=1S/C30H40N8O2/c1-20-18-22(9-12-24(20)21-13-15-35(5)16-14-21)32-29-31-19-25-27(33-29)38(37(28(25)40)23-10-11-23)26(8-7-17-39)34-36(6)30(2,3)4/h7-9,12,17-19,21,23H,10-11,13-16H2,1-6H3,(H,31,32,33)/b8-7-,34-26+. The van der Waals surface area contributed by atoms with Gasteiger partial charge in [-0.3, -0.25) is 14.6 Å². The molecular formula is C30H40N8O2. The van der Waals surface area contributed by atoms with Crippen LogP contribution >= 0.6 is 0 Å². The van der Waals surface area contributed by atoms with Crippen LogP contribution in [-0.2, 0) is 4.79 Å². The quantitative estimate of drug-likeness (QED) is 0.154. The number of benzene rings is 1. The van der Waals surface area contributed by atoms with Gasteiger partial charge in [-0.2, -0.15) is 10.1 Å². The largest absolute Gasteiger partial charge is 0.324 e. The van der Waals surface area contributed by atoms with Gasteiger partial charge in [-0.05, 0) is 115 Å². The molecule has 0 radical (unpaired) electrons. The molecule has 10 heteroatoms. The lowest BCUT2D eigenvalue weighted by Gasteiger charge is -2.30. The summed E-state index contributed by atoms with van der Waals surface area (Å²) in [6.45, 7) is 10.5. The van der Waals surface area contributed by atoms with E-state index in [9.17, 15) is 9.59 Å². The highest BCUT2D eigenvalue weighted by Gasteiger charge is 2.32. The summed E-state index contributed by atoms with van der Waals surface area (Å²) < 4.78 is 3.44. The lowest BCUT2D eigenvalue weighted by molar-refractivity contribution is -0.104. The van der Waals surface area contributed by atoms with Crippen molar-refractivity contribution in [2.45, 2.75) is 70.9 Å². The molecule has 1 aliphatic heterocycles. The van der Waals surface area contributed by atoms with Gasteiger partial charge >= 0.3 is 0 Å². The average molecular weight is 545 g/mol. The van der Waals surface area contributed by atoms with Crippen molar-refractivity contribution in [1.29, 1.82) is 0 Å². The predicted molar refractivity (Wildman–Crippen MR) is 160 cm³/mol. The van der Waals surface area contributed by atoms with Gasteiger partial charge in [0.05, 0.1) is 6.04 Å². The van der Waals surface area contributed by atoms with E-state index in [1.165, 1.54) is 30.0 Å². The molecule has 1 saturated heterocycles. The smallest absolute Gasteiger partial charge is 0.278 e. The van der Waals surface area contributed by atoms with Crippen molar-refractivity contribution in [3.8, 4) is 0 Å². The Labute approximate surface area is 235 Å². The van der Waals surface area contributed by atoms with Crippen LogP contribution in [0.5, 0.6) is 0 Å². The number of hydrazone groups is 1. The Kier molecular flexibility index (Phi) is 7.63. The Bertz CT molecular complexity index is 1510. The molecule has 5 rings (SSSR count). The van der Waals surface area contributed by atoms with Crippen LogP contribution in [0.15, 0.2) is 46.4 Å². The number of aryl methyl sites for hydroxylation is 1. The number of allylic oxidation sites excluding steroid dienone is 2. The molecule has 2 aliphatic rings. The second kappa shape index (κ2) is 11.0. The Morgan fingerprint density at radius 1 is 1.18 bits per heavy atom. The van der Waals surface area contributed by atoms with Crippen LogP contribution in [0.1, 0.15) is 69.5 Å². The molecule has 1 aromatic carbocycles. The number of hydrogen-bond donors (Lipinski definition) is 1. The molecule has 3 heterocycles. The number of rotatable bonds is 7. The van der Waals surface area contributed by atoms with Crippen LogP contribution < -0.4 is 10.9 Å². The summed E-state index contributed by atoms with van der Waals surface area (Å²) >= 11 is 0. The van der Waals surface area contributed by atoms with Gasteiger partial charge in [0, 0.05) is 24.5 Å². The summed E-state index contributed by atoms with van der Waals surface area (Å²) in [7, 11) is 4.06. The zero-order chi connectivity index (χ0) is 28.6. The van der Waals surface area contributed by atoms with E-state index in [2.05, 4.69) is 47.4 Å². The molecular weight excluding hydrogens is 504 g/mol. The molecule has 1 saturated carbocycles. The van der Waals surface area contributed by atoms with Crippen molar-refractivity contribution in [1.82, 2.24) is 29.2 Å². The number of carbonyl (C=O) groups excluding carboxylic acids is 1. The van der Waals surface area contributed by atoms with Crippen molar-refractivity contribution in [2.24, 2.45) is 5.10 Å². The highest BCUT2D eigenvalue weighted by atomic mass is 16.1. The first-order chi connectivity index (χ1) is 19.1. The number of aromatic nitrogens is 4. The van der Waals surface area contributed by atoms with E-state index in [-0.39, 0.29) is 17.1 Å². The van der Waals surface area contributed by atoms with Gasteiger partial charge in [0.25, 0.3) is 5.56 Å². The second-order valence-electron chi connectivity index (χ2n) is 12.0. The number of nitrogens with zero attached hydrogens (tertiary/aromatic N) is 7. The Balaban J connectivity index is 1.54. The van der Waals surface area contributed by atoms with Gasteiger partial charge in [-0.15, -0.1) is 0 Å². The van der Waals surface area contributed by atoms with Crippen molar-refractivity contribution in [3.05, 3.63) is 58.0 Å². The second-order valence-corrected chi connectivity index (χ2v) is 12.0. The number of fused-ring (bicyclic) bond motifs is 1. The van der Waals surface area contributed by atoms with Crippen molar-refractivity contribution < 1.29 is 4.79 Å². The number of hydrogen-bond acceptors (Lipinski definition) is 8. The Morgan fingerprint density at radius 3 is 2.52 bits per heavy atom. The number of anilines is 2. The first-order valence-corrected chi connectivity index (χ1v) is 14.1. The van der Waals surface area contributed by atoms with E-state index in [1.807, 2.05) is 32.8 Å². The van der Waals surface area contributed by atoms with Crippen LogP contribution in [0, 0.1) is 6.92 Å². The molecule has 10 nitrogen and oxygen atoms in total. The van der Waals surface area contributed by atoms with Crippen LogP contribution in [-0.4, -0.2) is 74.1 Å². The topological polar surface area (TPSA) is 101 Å². The van der Waals surface area contributed by atoms with Crippen molar-refractivity contribution in [3.63, 3.8) is 0 Å². The monoisotopic (exact) mass is 544 g/mol. The van der Waals surface area contributed by atoms with Gasteiger partial charge in [0.2, 0.25) is 5.95 Å². The van der Waals surface area contributed by atoms with Crippen LogP contribution in [0.4, 0.5) is 11.6 Å². The minimum atomic E-state index is -0.271. The van der Waals surface area contributed by atoms with E-state index < -0.39 is 0 Å². The maximum Gasteiger partial charge on any atom is 0.278 e. The average Bonchev–Trinajstić information content (AvgIpc) is 3.70. The predicted octanol–water partition coefficient (Wildman–Crippen LogP) is 4.44. The summed E-state index contributed by atoms with van der Waals surface area (Å²) in [5, 5.41) is 10.4. The summed E-state index contributed by atoms with van der Waals surface area (Å²) in [5.74, 6) is 1.41. The lowest BCUT2D eigenvalue weighted by atomic mass is 9.87. The summed E-state index contributed by atoms with van der Waals surface area (Å²) in [6.07, 6.45) is 9.44. The van der Waals surface area contributed by atoms with Gasteiger partial charge in [-0.1, -0.05) is 6.07 Å². The van der Waals surface area contributed by atoms with Gasteiger partial charge in [0.1, 0.15) is 11.7 Å². The Hall–Kier alpha value is -3.79. The third-order valence-corrected chi connectivity index (χ3v) is 7.96. The van der Waals surface area contributed by atoms with Crippen molar-refractivity contribution in [2.75, 3.05) is 32.5 Å². The van der Waals surface area contributed by atoms with E-state index in [4.69, 9.17) is 10.1 Å². The molecule has 2 aromatic heterocycles. The number of aldehydes is 1. The fourth-order valence-electron chi connectivity index (χ4n) is 5.16. The minimum absolute atomic E-state index is 0.0580. The van der Waals surface area contributed by atoms with Crippen molar-refractivity contribution >= 4 is 34.8 Å². The molecule has 0 atom stereocenters. The van der Waals surface area contributed by atoms with Gasteiger partial charge in [-0.25, -0.2) is 14.3 Å². The van der Waals surface area contributed by atoms with Crippen LogP contribution in [0.25, 0.3) is 11.0 Å². The lowest BCUT2D eigenvalue weighted by Crippen LogP contribution is -2.36. The number of carbonyl (C=O) groups is 1. The third kappa shape index (κ3) is 5.72. The SMILES string of the molecule is Cc1cc(Nc2ncc3c(=O)n(C4CC4)n(C(/C=C\C=O)=N/N(C)C(C)(C)C)c3n2)ccc1C1CCN(C)CC1. The van der Waals surface area contributed by atoms with E-state index in [0.29, 0.717) is 35.0 Å². The van der Waals surface area contributed by atoms with Gasteiger partial charge in [0.15, 0.2) is 11.5 Å². The maximum atomic E-state index is 13.5. The van der Waals surface area contributed by atoms with Gasteiger partial charge < -0.3 is 10.2 Å². The summed E-state index contributed by atoms with van der Waals surface area (Å²) in [4.78, 5) is 36.4. The molecule has 3 aromatic rings. The molecule has 0 amide bonds. The zero-order valence-corrected chi connectivity index (χ0v) is 24.4. The molecule has 0 spiro atoms. The highest BCUT2D eigenvalue weighted by molar-refractivity contribution is 6.01. The first-order valence-electron chi connectivity index (χ1n) is 14.1. The maximum absolute atomic E-state index is 13.5. The molecule has 40 heavy (non-hydrogen) atoms. The number of likely N-dealkylation sites (tertiary alicyclic amines) is 1. The molecule has 1 aliphatic carbocycles. The third-order valence-electron chi connectivity index (χ3n) is 7.96. The molecule has 212 valence electrons. The van der Waals surface area contributed by atoms with E-state index in [0.717, 1.165) is 31.6 Å². The molecule has 2 fully saturated rings. The summed E-state index contributed by atoms with van der Waals surface area (Å²) in [6, 6.07) is 6.49. The molecule has 1 N–H and O–H groups in total. The fourth-order valence-corrected chi connectivity index (χ4v) is 5.16. The normalized spacial score (nSPS) is 17.6. The first kappa shape index (κ1) is 27.8. The van der Waals surface area contributed by atoms with Crippen LogP contribution in [0.2, 0.25) is 0 Å². The molecule has 0 unspecified atom stereocenters. The summed E-state index contributed by atoms with van der Waals surface area (Å²) in [5.41, 5.74) is 3.56. The van der Waals surface area contributed by atoms with Crippen LogP contribution in [0.3, 0.4) is 0 Å². The number of nitrogens with one attached hydrogen (secondary N) is 1. The number of piperidine rings is 1. The highest BCUT2D eigenvalue weighted by Crippen LogP contribution is 2.35. The Morgan fingerprint density at radius 2 is 1.90 bits per heavy atom.